The van der Waals surface area contributed by atoms with E-state index in [0.29, 0.717) is 12.2 Å². The minimum absolute atomic E-state index is 0.148. The molecule has 0 saturated heterocycles. The van der Waals surface area contributed by atoms with Gasteiger partial charge in [0.2, 0.25) is 0 Å². The first kappa shape index (κ1) is 10.5. The van der Waals surface area contributed by atoms with Gasteiger partial charge in [-0.25, -0.2) is 0 Å². The lowest BCUT2D eigenvalue weighted by molar-refractivity contribution is -0.384. The zero-order valence-electron chi connectivity index (χ0n) is 8.63. The Kier molecular flexibility index (Phi) is 3.06. The summed E-state index contributed by atoms with van der Waals surface area (Å²) < 4.78 is 0. The molecule has 1 N–H and O–H groups in total. The van der Waals surface area contributed by atoms with Crippen molar-refractivity contribution in [3.8, 4) is 0 Å². The number of nitrogens with one attached hydrogen (secondary N) is 1. The molecule has 4 nitrogen and oxygen atoms in total. The third-order valence-corrected chi connectivity index (χ3v) is 2.18. The van der Waals surface area contributed by atoms with E-state index in [1.807, 2.05) is 26.8 Å². The Labute approximate surface area is 83.1 Å². The minimum atomic E-state index is -0.357. The van der Waals surface area contributed by atoms with Gasteiger partial charge in [-0.15, -0.1) is 0 Å². The maximum atomic E-state index is 10.7. The van der Waals surface area contributed by atoms with Gasteiger partial charge in [-0.05, 0) is 38.0 Å². The maximum absolute atomic E-state index is 10.7. The number of nitro benzene ring substituents is 1. The van der Waals surface area contributed by atoms with E-state index >= 15 is 0 Å². The summed E-state index contributed by atoms with van der Waals surface area (Å²) in [7, 11) is 0. The molecule has 14 heavy (non-hydrogen) atoms. The maximum Gasteiger partial charge on any atom is 0.292 e. The van der Waals surface area contributed by atoms with Crippen LogP contribution in [0.15, 0.2) is 12.1 Å². The molecule has 0 unspecified atom stereocenters. The number of anilines is 1. The van der Waals surface area contributed by atoms with Crippen LogP contribution in [0.4, 0.5) is 11.4 Å². The number of aryl methyl sites for hydroxylation is 2. The zero-order valence-corrected chi connectivity index (χ0v) is 8.63. The molecule has 0 radical (unpaired) electrons. The van der Waals surface area contributed by atoms with Crippen LogP contribution in [0.1, 0.15) is 18.1 Å². The van der Waals surface area contributed by atoms with E-state index in [4.69, 9.17) is 0 Å². The lowest BCUT2D eigenvalue weighted by Crippen LogP contribution is -2.02. The van der Waals surface area contributed by atoms with Crippen LogP contribution in [-0.2, 0) is 0 Å². The van der Waals surface area contributed by atoms with Crippen LogP contribution in [0.25, 0.3) is 0 Å². The van der Waals surface area contributed by atoms with Crippen molar-refractivity contribution in [3.63, 3.8) is 0 Å². The molecule has 0 aliphatic heterocycles. The molecule has 0 saturated carbocycles. The molecule has 0 atom stereocenters. The Bertz CT molecular complexity index is 361. The molecule has 0 aromatic heterocycles. The number of rotatable bonds is 3. The average Bonchev–Trinajstić information content (AvgIpc) is 2.11. The zero-order chi connectivity index (χ0) is 10.7. The predicted octanol–water partition coefficient (Wildman–Crippen LogP) is 2.64. The van der Waals surface area contributed by atoms with Gasteiger partial charge in [0.05, 0.1) is 4.92 Å². The Morgan fingerprint density at radius 1 is 1.36 bits per heavy atom. The highest BCUT2D eigenvalue weighted by atomic mass is 16.6. The van der Waals surface area contributed by atoms with E-state index in [9.17, 15) is 10.1 Å². The summed E-state index contributed by atoms with van der Waals surface area (Å²) in [5.74, 6) is 0. The Balaban J connectivity index is 3.24. The highest BCUT2D eigenvalue weighted by Crippen LogP contribution is 2.27. The van der Waals surface area contributed by atoms with Crippen molar-refractivity contribution < 1.29 is 4.92 Å². The van der Waals surface area contributed by atoms with Gasteiger partial charge in [0.25, 0.3) is 5.69 Å². The fraction of sp³-hybridized carbons (Fsp3) is 0.400. The number of hydrogen-bond acceptors (Lipinski definition) is 3. The minimum Gasteiger partial charge on any atom is -0.380 e. The first-order chi connectivity index (χ1) is 6.56. The van der Waals surface area contributed by atoms with Crippen molar-refractivity contribution in [1.82, 2.24) is 0 Å². The topological polar surface area (TPSA) is 55.2 Å². The normalized spacial score (nSPS) is 9.93. The summed E-state index contributed by atoms with van der Waals surface area (Å²) in [6, 6.07) is 3.42. The number of nitro groups is 1. The first-order valence-electron chi connectivity index (χ1n) is 4.55. The van der Waals surface area contributed by atoms with Crippen molar-refractivity contribution in [2.75, 3.05) is 11.9 Å². The van der Waals surface area contributed by atoms with Crippen molar-refractivity contribution in [2.45, 2.75) is 20.8 Å². The largest absolute Gasteiger partial charge is 0.380 e. The molecule has 1 rings (SSSR count). The Hall–Kier alpha value is -1.58. The van der Waals surface area contributed by atoms with Crippen LogP contribution < -0.4 is 5.32 Å². The highest BCUT2D eigenvalue weighted by molar-refractivity contribution is 5.64. The summed E-state index contributed by atoms with van der Waals surface area (Å²) in [6.45, 7) is 6.42. The number of nitrogens with zero attached hydrogens (tertiary/aromatic N) is 1. The average molecular weight is 194 g/mol. The molecule has 4 heteroatoms. The Morgan fingerprint density at radius 2 is 1.93 bits per heavy atom. The first-order valence-corrected chi connectivity index (χ1v) is 4.55. The van der Waals surface area contributed by atoms with E-state index in [2.05, 4.69) is 5.32 Å². The van der Waals surface area contributed by atoms with Crippen molar-refractivity contribution in [3.05, 3.63) is 33.4 Å². The van der Waals surface area contributed by atoms with Gasteiger partial charge in [-0.1, -0.05) is 0 Å². The van der Waals surface area contributed by atoms with E-state index < -0.39 is 0 Å². The SMILES string of the molecule is CCNc1cc(C)c(C)cc1[N+](=O)[O-]. The lowest BCUT2D eigenvalue weighted by atomic mass is 10.1. The number of hydrogen-bond donors (Lipinski definition) is 1. The molecule has 1 aromatic carbocycles. The third kappa shape index (κ3) is 2.02. The van der Waals surface area contributed by atoms with Crippen LogP contribution in [0.2, 0.25) is 0 Å². The van der Waals surface area contributed by atoms with Crippen LogP contribution >= 0.6 is 0 Å². The summed E-state index contributed by atoms with van der Waals surface area (Å²) in [4.78, 5) is 10.4. The van der Waals surface area contributed by atoms with Gasteiger partial charge in [-0.3, -0.25) is 10.1 Å². The fourth-order valence-corrected chi connectivity index (χ4v) is 1.28. The van der Waals surface area contributed by atoms with Crippen molar-refractivity contribution in [2.24, 2.45) is 0 Å². The molecule has 0 aliphatic rings. The Morgan fingerprint density at radius 3 is 2.43 bits per heavy atom. The van der Waals surface area contributed by atoms with Gasteiger partial charge in [0.1, 0.15) is 5.69 Å². The van der Waals surface area contributed by atoms with E-state index in [-0.39, 0.29) is 10.6 Å². The van der Waals surface area contributed by atoms with Gasteiger partial charge < -0.3 is 5.32 Å². The molecule has 0 bridgehead atoms. The van der Waals surface area contributed by atoms with Crippen molar-refractivity contribution >= 4 is 11.4 Å². The molecule has 0 fully saturated rings. The quantitative estimate of drug-likeness (QED) is 0.594. The third-order valence-electron chi connectivity index (χ3n) is 2.18. The standard InChI is InChI=1S/C10H14N2O2/c1-4-11-9-5-7(2)8(3)6-10(9)12(13)14/h5-6,11H,4H2,1-3H3. The van der Waals surface area contributed by atoms with Gasteiger partial charge in [0.15, 0.2) is 0 Å². The van der Waals surface area contributed by atoms with Crippen LogP contribution in [0.5, 0.6) is 0 Å². The molecule has 0 aliphatic carbocycles. The summed E-state index contributed by atoms with van der Waals surface area (Å²) in [5, 5.41) is 13.7. The molecular weight excluding hydrogens is 180 g/mol. The van der Waals surface area contributed by atoms with Crippen LogP contribution in [0.3, 0.4) is 0 Å². The number of benzene rings is 1. The van der Waals surface area contributed by atoms with E-state index in [0.717, 1.165) is 11.1 Å². The highest BCUT2D eigenvalue weighted by Gasteiger charge is 2.14. The summed E-state index contributed by atoms with van der Waals surface area (Å²) >= 11 is 0. The van der Waals surface area contributed by atoms with E-state index in [1.165, 1.54) is 0 Å². The second kappa shape index (κ2) is 4.09. The molecule has 0 amide bonds. The van der Waals surface area contributed by atoms with Gasteiger partial charge >= 0.3 is 0 Å². The molecule has 0 heterocycles. The molecular formula is C10H14N2O2. The summed E-state index contributed by atoms with van der Waals surface area (Å²) in [5.41, 5.74) is 2.75. The molecule has 0 spiro atoms. The molecule has 76 valence electrons. The smallest absolute Gasteiger partial charge is 0.292 e. The van der Waals surface area contributed by atoms with Crippen LogP contribution in [-0.4, -0.2) is 11.5 Å². The van der Waals surface area contributed by atoms with Crippen molar-refractivity contribution in [1.29, 1.82) is 0 Å². The second-order valence-corrected chi connectivity index (χ2v) is 3.24. The predicted molar refractivity (Wildman–Crippen MR) is 56.7 cm³/mol. The lowest BCUT2D eigenvalue weighted by Gasteiger charge is -2.07. The van der Waals surface area contributed by atoms with Crippen LogP contribution in [0, 0.1) is 24.0 Å². The van der Waals surface area contributed by atoms with E-state index in [1.54, 1.807) is 6.07 Å². The second-order valence-electron chi connectivity index (χ2n) is 3.24. The summed E-state index contributed by atoms with van der Waals surface area (Å²) in [6.07, 6.45) is 0. The fourth-order valence-electron chi connectivity index (χ4n) is 1.28. The molecule has 1 aromatic rings. The van der Waals surface area contributed by atoms with Gasteiger partial charge in [-0.2, -0.15) is 0 Å². The monoisotopic (exact) mass is 194 g/mol. The van der Waals surface area contributed by atoms with Gasteiger partial charge in [0, 0.05) is 12.6 Å².